The van der Waals surface area contributed by atoms with Gasteiger partial charge in [0.25, 0.3) is 0 Å². The lowest BCUT2D eigenvalue weighted by atomic mass is 10.2. The van der Waals surface area contributed by atoms with Gasteiger partial charge >= 0.3 is 5.69 Å². The van der Waals surface area contributed by atoms with Crippen LogP contribution >= 0.6 is 0 Å². The first-order valence-corrected chi connectivity index (χ1v) is 6.25. The number of hydrogen-bond donors (Lipinski definition) is 2. The smallest absolute Gasteiger partial charge is 0.349 e. The van der Waals surface area contributed by atoms with Crippen molar-refractivity contribution < 1.29 is 9.84 Å². The maximum Gasteiger partial charge on any atom is 0.349 e. The van der Waals surface area contributed by atoms with Gasteiger partial charge < -0.3 is 15.6 Å². The zero-order valence-electron chi connectivity index (χ0n) is 11.2. The van der Waals surface area contributed by atoms with Gasteiger partial charge in [-0.15, -0.1) is 0 Å². The number of ether oxygens (including phenoxy) is 1. The molecule has 0 amide bonds. The van der Waals surface area contributed by atoms with Crippen LogP contribution in [-0.2, 0) is 6.54 Å². The topological polar surface area (TPSA) is 90.4 Å². The molecule has 1 aromatic heterocycles. The average molecular weight is 275 g/mol. The minimum atomic E-state index is -0.806. The molecule has 1 aromatic carbocycles. The fourth-order valence-corrected chi connectivity index (χ4v) is 1.69. The van der Waals surface area contributed by atoms with E-state index in [1.165, 1.54) is 16.8 Å². The van der Waals surface area contributed by atoms with E-state index in [0.717, 1.165) is 5.56 Å². The van der Waals surface area contributed by atoms with Crippen LogP contribution in [0.1, 0.15) is 5.56 Å². The minimum Gasteiger partial charge on any atom is -0.491 e. The third-order valence-electron chi connectivity index (χ3n) is 2.77. The summed E-state index contributed by atoms with van der Waals surface area (Å²) in [5.74, 6) is 0.842. The highest BCUT2D eigenvalue weighted by Gasteiger charge is 2.08. The zero-order valence-corrected chi connectivity index (χ0v) is 11.2. The summed E-state index contributed by atoms with van der Waals surface area (Å²) in [7, 11) is 0. The van der Waals surface area contributed by atoms with E-state index in [1.54, 1.807) is 0 Å². The summed E-state index contributed by atoms with van der Waals surface area (Å²) in [5.41, 5.74) is 6.04. The second-order valence-corrected chi connectivity index (χ2v) is 4.57. The van der Waals surface area contributed by atoms with Crippen LogP contribution in [0.3, 0.4) is 0 Å². The molecule has 1 atom stereocenters. The third kappa shape index (κ3) is 3.83. The number of rotatable bonds is 5. The molecule has 106 valence electrons. The van der Waals surface area contributed by atoms with Gasteiger partial charge in [0.05, 0.1) is 6.54 Å². The SMILES string of the molecule is Cc1ccc(OCC(O)Cn2ccc(N)nc2=O)cc1. The fraction of sp³-hybridized carbons (Fsp3) is 0.286. The lowest BCUT2D eigenvalue weighted by Crippen LogP contribution is -2.31. The quantitative estimate of drug-likeness (QED) is 0.832. The maximum atomic E-state index is 11.5. The van der Waals surface area contributed by atoms with Crippen molar-refractivity contribution in [2.75, 3.05) is 12.3 Å². The van der Waals surface area contributed by atoms with Gasteiger partial charge in [0, 0.05) is 6.20 Å². The molecule has 0 aliphatic heterocycles. The van der Waals surface area contributed by atoms with E-state index < -0.39 is 11.8 Å². The minimum absolute atomic E-state index is 0.0971. The molecule has 6 heteroatoms. The van der Waals surface area contributed by atoms with Crippen molar-refractivity contribution in [3.05, 3.63) is 52.6 Å². The first kappa shape index (κ1) is 14.1. The van der Waals surface area contributed by atoms with Crippen LogP contribution in [0.25, 0.3) is 0 Å². The number of nitrogens with two attached hydrogens (primary N) is 1. The Morgan fingerprint density at radius 2 is 2.05 bits per heavy atom. The van der Waals surface area contributed by atoms with Crippen LogP contribution < -0.4 is 16.2 Å². The van der Waals surface area contributed by atoms with Crippen molar-refractivity contribution in [1.82, 2.24) is 9.55 Å². The van der Waals surface area contributed by atoms with Crippen LogP contribution in [-0.4, -0.2) is 27.4 Å². The lowest BCUT2D eigenvalue weighted by Gasteiger charge is -2.13. The first-order valence-electron chi connectivity index (χ1n) is 6.25. The number of nitrogen functional groups attached to an aromatic ring is 1. The van der Waals surface area contributed by atoms with Gasteiger partial charge in [-0.1, -0.05) is 17.7 Å². The summed E-state index contributed by atoms with van der Waals surface area (Å²) in [5, 5.41) is 9.87. The van der Waals surface area contributed by atoms with E-state index in [2.05, 4.69) is 4.98 Å². The Bertz CT molecular complexity index is 622. The molecular weight excluding hydrogens is 258 g/mol. The van der Waals surface area contributed by atoms with Gasteiger partial charge in [-0.25, -0.2) is 4.79 Å². The van der Waals surface area contributed by atoms with E-state index in [-0.39, 0.29) is 19.0 Å². The highest BCUT2D eigenvalue weighted by molar-refractivity contribution is 5.26. The standard InChI is InChI=1S/C14H17N3O3/c1-10-2-4-12(5-3-10)20-9-11(18)8-17-7-6-13(15)16-14(17)19/h2-7,11,18H,8-9H2,1H3,(H2,15,16,19). The predicted molar refractivity (Wildman–Crippen MR) is 75.6 cm³/mol. The molecule has 0 aliphatic carbocycles. The van der Waals surface area contributed by atoms with Crippen LogP contribution in [0.4, 0.5) is 5.82 Å². The molecule has 0 spiro atoms. The predicted octanol–water partition coefficient (Wildman–Crippen LogP) is 0.574. The highest BCUT2D eigenvalue weighted by atomic mass is 16.5. The summed E-state index contributed by atoms with van der Waals surface area (Å²) in [4.78, 5) is 15.1. The molecule has 20 heavy (non-hydrogen) atoms. The molecule has 0 radical (unpaired) electrons. The molecule has 0 saturated heterocycles. The summed E-state index contributed by atoms with van der Waals surface area (Å²) >= 11 is 0. The van der Waals surface area contributed by atoms with Crippen molar-refractivity contribution in [1.29, 1.82) is 0 Å². The number of aryl methyl sites for hydroxylation is 1. The van der Waals surface area contributed by atoms with E-state index >= 15 is 0 Å². The lowest BCUT2D eigenvalue weighted by molar-refractivity contribution is 0.0912. The monoisotopic (exact) mass is 275 g/mol. The second kappa shape index (κ2) is 6.21. The van der Waals surface area contributed by atoms with E-state index in [1.807, 2.05) is 31.2 Å². The first-order chi connectivity index (χ1) is 9.54. The zero-order chi connectivity index (χ0) is 14.5. The largest absolute Gasteiger partial charge is 0.491 e. The number of hydrogen-bond acceptors (Lipinski definition) is 5. The number of benzene rings is 1. The molecule has 2 aromatic rings. The summed E-state index contributed by atoms with van der Waals surface area (Å²) in [6, 6.07) is 9.03. The van der Waals surface area contributed by atoms with Gasteiger partial charge in [0.1, 0.15) is 24.3 Å². The average Bonchev–Trinajstić information content (AvgIpc) is 2.41. The second-order valence-electron chi connectivity index (χ2n) is 4.57. The Balaban J connectivity index is 1.90. The van der Waals surface area contributed by atoms with E-state index in [4.69, 9.17) is 10.5 Å². The van der Waals surface area contributed by atoms with E-state index in [0.29, 0.717) is 5.75 Å². The normalized spacial score (nSPS) is 12.1. The number of anilines is 1. The van der Waals surface area contributed by atoms with Gasteiger partial charge in [-0.05, 0) is 25.1 Å². The van der Waals surface area contributed by atoms with Crippen molar-refractivity contribution in [2.24, 2.45) is 0 Å². The molecule has 0 bridgehead atoms. The fourth-order valence-electron chi connectivity index (χ4n) is 1.69. The van der Waals surface area contributed by atoms with E-state index in [9.17, 15) is 9.90 Å². The Morgan fingerprint density at radius 3 is 2.70 bits per heavy atom. The van der Waals surface area contributed by atoms with Gasteiger partial charge in [0.15, 0.2) is 0 Å². The van der Waals surface area contributed by atoms with Gasteiger partial charge in [-0.3, -0.25) is 4.57 Å². The van der Waals surface area contributed by atoms with Crippen molar-refractivity contribution in [2.45, 2.75) is 19.6 Å². The molecule has 0 aliphatic rings. The van der Waals surface area contributed by atoms with Gasteiger partial charge in [-0.2, -0.15) is 4.98 Å². The number of aromatic nitrogens is 2. The Kier molecular flexibility index (Phi) is 4.37. The summed E-state index contributed by atoms with van der Waals surface area (Å²) in [6.07, 6.45) is 0.694. The number of aliphatic hydroxyl groups is 1. The molecule has 6 nitrogen and oxygen atoms in total. The summed E-state index contributed by atoms with van der Waals surface area (Å²) in [6.45, 7) is 2.19. The van der Waals surface area contributed by atoms with Crippen LogP contribution in [0.15, 0.2) is 41.3 Å². The molecule has 2 rings (SSSR count). The Morgan fingerprint density at radius 1 is 1.35 bits per heavy atom. The van der Waals surface area contributed by atoms with Gasteiger partial charge in [0.2, 0.25) is 0 Å². The Labute approximate surface area is 116 Å². The van der Waals surface area contributed by atoms with Crippen molar-refractivity contribution in [3.63, 3.8) is 0 Å². The summed E-state index contributed by atoms with van der Waals surface area (Å²) < 4.78 is 6.74. The molecule has 0 saturated carbocycles. The van der Waals surface area contributed by atoms with Crippen molar-refractivity contribution in [3.8, 4) is 5.75 Å². The Hall–Kier alpha value is -2.34. The molecule has 1 unspecified atom stereocenters. The third-order valence-corrected chi connectivity index (χ3v) is 2.77. The number of nitrogens with zero attached hydrogens (tertiary/aromatic N) is 2. The van der Waals surface area contributed by atoms with Crippen LogP contribution in [0.2, 0.25) is 0 Å². The molecular formula is C14H17N3O3. The maximum absolute atomic E-state index is 11.5. The molecule has 0 fully saturated rings. The van der Waals surface area contributed by atoms with Crippen LogP contribution in [0, 0.1) is 6.92 Å². The molecule has 1 heterocycles. The van der Waals surface area contributed by atoms with Crippen molar-refractivity contribution >= 4 is 5.82 Å². The van der Waals surface area contributed by atoms with Crippen LogP contribution in [0.5, 0.6) is 5.75 Å². The molecule has 3 N–H and O–H groups in total. The number of aliphatic hydroxyl groups excluding tert-OH is 1. The highest BCUT2D eigenvalue weighted by Crippen LogP contribution is 2.11.